The van der Waals surface area contributed by atoms with Crippen molar-refractivity contribution in [3.8, 4) is 11.5 Å². The summed E-state index contributed by atoms with van der Waals surface area (Å²) in [5.74, 6) is 1.03. The predicted molar refractivity (Wildman–Crippen MR) is 102 cm³/mol. The van der Waals surface area contributed by atoms with E-state index < -0.39 is 16.1 Å². The highest BCUT2D eigenvalue weighted by atomic mass is 32.2. The molecule has 0 aliphatic rings. The molecule has 1 atom stereocenters. The Hall–Kier alpha value is -2.58. The highest BCUT2D eigenvalue weighted by molar-refractivity contribution is 7.89. The maximum absolute atomic E-state index is 12.7. The van der Waals surface area contributed by atoms with Crippen molar-refractivity contribution in [2.75, 3.05) is 14.2 Å². The molecule has 1 amide bonds. The summed E-state index contributed by atoms with van der Waals surface area (Å²) in [6.45, 7) is 3.51. The number of sulfonamides is 1. The van der Waals surface area contributed by atoms with Gasteiger partial charge in [-0.05, 0) is 42.8 Å². The van der Waals surface area contributed by atoms with Crippen LogP contribution >= 0.6 is 0 Å². The summed E-state index contributed by atoms with van der Waals surface area (Å²) in [5, 5.41) is 2.67. The van der Waals surface area contributed by atoms with Crippen LogP contribution in [0.25, 0.3) is 0 Å². The average Bonchev–Trinajstić information content (AvgIpc) is 2.65. The molecule has 8 heteroatoms. The third-order valence-electron chi connectivity index (χ3n) is 4.01. The van der Waals surface area contributed by atoms with Crippen molar-refractivity contribution in [1.29, 1.82) is 0 Å². The zero-order chi connectivity index (χ0) is 20.0. The molecule has 0 saturated carbocycles. The molecule has 0 unspecified atom stereocenters. The van der Waals surface area contributed by atoms with Gasteiger partial charge in [-0.3, -0.25) is 4.79 Å². The maximum Gasteiger partial charge on any atom is 0.241 e. The predicted octanol–water partition coefficient (Wildman–Crippen LogP) is 2.38. The minimum absolute atomic E-state index is 0.141. The lowest BCUT2D eigenvalue weighted by atomic mass is 10.1. The van der Waals surface area contributed by atoms with Crippen LogP contribution in [0.15, 0.2) is 47.4 Å². The number of rotatable bonds is 8. The Balaban J connectivity index is 2.19. The quantitative estimate of drug-likeness (QED) is 0.719. The molecule has 0 heterocycles. The lowest BCUT2D eigenvalue weighted by Crippen LogP contribution is -2.27. The highest BCUT2D eigenvalue weighted by Gasteiger charge is 2.21. The second kappa shape index (κ2) is 8.88. The van der Waals surface area contributed by atoms with Crippen molar-refractivity contribution in [2.45, 2.75) is 31.3 Å². The van der Waals surface area contributed by atoms with Crippen LogP contribution in [0.5, 0.6) is 11.5 Å². The van der Waals surface area contributed by atoms with E-state index in [1.807, 2.05) is 0 Å². The lowest BCUT2D eigenvalue weighted by Gasteiger charge is -2.18. The Kier molecular flexibility index (Phi) is 6.81. The van der Waals surface area contributed by atoms with Gasteiger partial charge in [0, 0.05) is 25.1 Å². The van der Waals surface area contributed by atoms with E-state index in [0.717, 1.165) is 5.56 Å². The molecule has 0 saturated heterocycles. The first-order chi connectivity index (χ1) is 12.8. The van der Waals surface area contributed by atoms with E-state index in [4.69, 9.17) is 9.47 Å². The first-order valence-corrected chi connectivity index (χ1v) is 9.82. The van der Waals surface area contributed by atoms with E-state index >= 15 is 0 Å². The van der Waals surface area contributed by atoms with Gasteiger partial charge in [0.05, 0.1) is 19.1 Å². The van der Waals surface area contributed by atoms with Crippen molar-refractivity contribution in [3.05, 3.63) is 53.6 Å². The Morgan fingerprint density at radius 2 is 1.74 bits per heavy atom. The van der Waals surface area contributed by atoms with Crippen molar-refractivity contribution in [3.63, 3.8) is 0 Å². The summed E-state index contributed by atoms with van der Waals surface area (Å²) >= 11 is 0. The van der Waals surface area contributed by atoms with E-state index in [2.05, 4.69) is 10.0 Å². The molecule has 146 valence electrons. The molecule has 2 rings (SSSR count). The number of nitrogens with one attached hydrogen (secondary N) is 2. The van der Waals surface area contributed by atoms with Crippen molar-refractivity contribution < 1.29 is 22.7 Å². The molecule has 27 heavy (non-hydrogen) atoms. The fourth-order valence-electron chi connectivity index (χ4n) is 2.56. The summed E-state index contributed by atoms with van der Waals surface area (Å²) in [7, 11) is -0.661. The molecule has 0 aromatic heterocycles. The fraction of sp³-hybridized carbons (Fsp3) is 0.316. The summed E-state index contributed by atoms with van der Waals surface area (Å²) < 4.78 is 38.6. The third-order valence-corrected chi connectivity index (χ3v) is 5.57. The van der Waals surface area contributed by atoms with Gasteiger partial charge in [0.1, 0.15) is 11.5 Å². The number of benzene rings is 2. The summed E-state index contributed by atoms with van der Waals surface area (Å²) in [4.78, 5) is 11.1. The number of hydrogen-bond acceptors (Lipinski definition) is 5. The minimum atomic E-state index is -3.73. The van der Waals surface area contributed by atoms with Gasteiger partial charge < -0.3 is 14.8 Å². The number of methoxy groups -OCH3 is 2. The molecular formula is C19H24N2O5S. The Morgan fingerprint density at radius 1 is 1.07 bits per heavy atom. The second-order valence-corrected chi connectivity index (χ2v) is 7.72. The van der Waals surface area contributed by atoms with Crippen LogP contribution in [0.4, 0.5) is 0 Å². The van der Waals surface area contributed by atoms with Crippen LogP contribution < -0.4 is 19.5 Å². The van der Waals surface area contributed by atoms with Gasteiger partial charge in [0.2, 0.25) is 15.9 Å². The minimum Gasteiger partial charge on any atom is -0.497 e. The Labute approximate surface area is 159 Å². The van der Waals surface area contributed by atoms with E-state index in [1.54, 1.807) is 44.4 Å². The van der Waals surface area contributed by atoms with Gasteiger partial charge in [-0.1, -0.05) is 12.1 Å². The van der Waals surface area contributed by atoms with Crippen molar-refractivity contribution in [1.82, 2.24) is 10.0 Å². The van der Waals surface area contributed by atoms with Crippen molar-refractivity contribution in [2.24, 2.45) is 0 Å². The molecule has 2 N–H and O–H groups in total. The van der Waals surface area contributed by atoms with Crippen LogP contribution in [0.3, 0.4) is 0 Å². The molecule has 0 aliphatic carbocycles. The van der Waals surface area contributed by atoms with Crippen LogP contribution in [0.1, 0.15) is 31.0 Å². The second-order valence-electron chi connectivity index (χ2n) is 6.00. The molecule has 0 bridgehead atoms. The van der Waals surface area contributed by atoms with E-state index in [-0.39, 0.29) is 10.8 Å². The van der Waals surface area contributed by atoms with E-state index in [1.165, 1.54) is 26.2 Å². The van der Waals surface area contributed by atoms with Gasteiger partial charge in [0.15, 0.2) is 0 Å². The van der Waals surface area contributed by atoms with Crippen LogP contribution in [0.2, 0.25) is 0 Å². The molecule has 7 nitrogen and oxygen atoms in total. The van der Waals surface area contributed by atoms with E-state index in [9.17, 15) is 13.2 Å². The fourth-order valence-corrected chi connectivity index (χ4v) is 3.78. The lowest BCUT2D eigenvalue weighted by molar-refractivity contribution is -0.119. The van der Waals surface area contributed by atoms with Crippen LogP contribution in [0, 0.1) is 0 Å². The summed E-state index contributed by atoms with van der Waals surface area (Å²) in [5.41, 5.74) is 1.48. The zero-order valence-electron chi connectivity index (χ0n) is 15.8. The number of carbonyl (C=O) groups excluding carboxylic acids is 1. The first kappa shape index (κ1) is 20.7. The molecular weight excluding hydrogens is 368 g/mol. The number of carbonyl (C=O) groups is 1. The largest absolute Gasteiger partial charge is 0.497 e. The number of ether oxygens (including phenoxy) is 2. The molecule has 0 spiro atoms. The monoisotopic (exact) mass is 392 g/mol. The summed E-state index contributed by atoms with van der Waals surface area (Å²) in [6, 6.07) is 11.0. The normalized spacial score (nSPS) is 12.3. The molecule has 2 aromatic rings. The van der Waals surface area contributed by atoms with Gasteiger partial charge >= 0.3 is 0 Å². The van der Waals surface area contributed by atoms with Gasteiger partial charge in [-0.2, -0.15) is 0 Å². The molecule has 2 aromatic carbocycles. The zero-order valence-corrected chi connectivity index (χ0v) is 16.6. The Bertz CT molecular complexity index is 895. The van der Waals surface area contributed by atoms with Gasteiger partial charge in [-0.25, -0.2) is 13.1 Å². The molecule has 0 radical (unpaired) electrons. The van der Waals surface area contributed by atoms with Crippen LogP contribution in [-0.2, 0) is 21.4 Å². The standard InChI is InChI=1S/C19H24N2O5S/c1-13(18-11-16(25-3)7-10-19(18)26-4)21-27(23,24)17-8-5-15(6-9-17)12-20-14(2)22/h5-11,13,21H,12H2,1-4H3,(H,20,22)/t13-/m1/s1. The molecule has 0 aliphatic heterocycles. The van der Waals surface area contributed by atoms with Gasteiger partial charge in [-0.15, -0.1) is 0 Å². The highest BCUT2D eigenvalue weighted by Crippen LogP contribution is 2.30. The SMILES string of the molecule is COc1ccc(OC)c([C@@H](C)NS(=O)(=O)c2ccc(CNC(C)=O)cc2)c1. The number of hydrogen-bond donors (Lipinski definition) is 2. The van der Waals surface area contributed by atoms with Crippen LogP contribution in [-0.4, -0.2) is 28.5 Å². The Morgan fingerprint density at radius 3 is 2.30 bits per heavy atom. The smallest absolute Gasteiger partial charge is 0.241 e. The van der Waals surface area contributed by atoms with E-state index in [0.29, 0.717) is 23.6 Å². The third kappa shape index (κ3) is 5.45. The summed E-state index contributed by atoms with van der Waals surface area (Å²) in [6.07, 6.45) is 0. The van der Waals surface area contributed by atoms with Crippen molar-refractivity contribution >= 4 is 15.9 Å². The average molecular weight is 392 g/mol. The molecule has 0 fully saturated rings. The topological polar surface area (TPSA) is 93.7 Å². The van der Waals surface area contributed by atoms with Gasteiger partial charge in [0.25, 0.3) is 0 Å². The maximum atomic E-state index is 12.7. The first-order valence-electron chi connectivity index (χ1n) is 8.34. The number of amides is 1.